The van der Waals surface area contributed by atoms with Gasteiger partial charge in [-0.2, -0.15) is 0 Å². The van der Waals surface area contributed by atoms with Crippen molar-refractivity contribution in [2.75, 3.05) is 0 Å². The minimum absolute atomic E-state index is 0.749. The van der Waals surface area contributed by atoms with Crippen LogP contribution in [-0.4, -0.2) is 9.38 Å². The molecule has 3 heteroatoms. The van der Waals surface area contributed by atoms with E-state index >= 15 is 0 Å². The first-order valence-electron chi connectivity index (χ1n) is 7.87. The first-order chi connectivity index (χ1) is 11.8. The van der Waals surface area contributed by atoms with Crippen LogP contribution in [-0.2, 0) is 0 Å². The second kappa shape index (κ2) is 5.08. The summed E-state index contributed by atoms with van der Waals surface area (Å²) in [6.07, 6.45) is 0. The van der Waals surface area contributed by atoms with Gasteiger partial charge in [0, 0.05) is 15.8 Å². The summed E-state index contributed by atoms with van der Waals surface area (Å²) in [5, 5.41) is 2.85. The van der Waals surface area contributed by atoms with Crippen molar-refractivity contribution in [2.45, 2.75) is 0 Å². The molecule has 0 bridgehead atoms. The molecule has 0 saturated carbocycles. The lowest BCUT2D eigenvalue weighted by Crippen LogP contribution is -1.94. The second-order valence-electron chi connectivity index (χ2n) is 5.86. The lowest BCUT2D eigenvalue weighted by Gasteiger charge is -2.11. The van der Waals surface area contributed by atoms with Crippen LogP contribution in [0.4, 0.5) is 0 Å². The molecule has 2 heterocycles. The van der Waals surface area contributed by atoms with E-state index in [9.17, 15) is 0 Å². The number of aromatic nitrogens is 2. The molecule has 0 aliphatic carbocycles. The Morgan fingerprint density at radius 2 is 1.54 bits per heavy atom. The van der Waals surface area contributed by atoms with Crippen molar-refractivity contribution in [1.82, 2.24) is 9.38 Å². The third kappa shape index (κ3) is 1.87. The molecule has 0 unspecified atom stereocenters. The quantitative estimate of drug-likeness (QED) is 0.371. The molecule has 0 N–H and O–H groups in total. The Labute approximate surface area is 143 Å². The molecule has 0 aliphatic heterocycles. The van der Waals surface area contributed by atoms with Gasteiger partial charge >= 0.3 is 0 Å². The third-order valence-electron chi connectivity index (χ3n) is 4.45. The fourth-order valence-electron chi connectivity index (χ4n) is 3.35. The molecule has 0 aliphatic rings. The van der Waals surface area contributed by atoms with Crippen LogP contribution in [0, 0.1) is 0 Å². The van der Waals surface area contributed by atoms with Crippen molar-refractivity contribution in [3.8, 4) is 11.3 Å². The molecule has 0 radical (unpaired) electrons. The Morgan fingerprint density at radius 1 is 0.750 bits per heavy atom. The molecule has 0 spiro atoms. The Morgan fingerprint density at radius 3 is 2.42 bits per heavy atom. The van der Waals surface area contributed by atoms with Crippen LogP contribution in [0.1, 0.15) is 0 Å². The van der Waals surface area contributed by atoms with Gasteiger partial charge in [-0.1, -0.05) is 66.2 Å². The van der Waals surface area contributed by atoms with E-state index in [1.165, 1.54) is 0 Å². The summed E-state index contributed by atoms with van der Waals surface area (Å²) in [6, 6.07) is 26.7. The van der Waals surface area contributed by atoms with Crippen LogP contribution in [0.5, 0.6) is 0 Å². The average molecular weight is 329 g/mol. The van der Waals surface area contributed by atoms with Gasteiger partial charge in [0.1, 0.15) is 5.65 Å². The van der Waals surface area contributed by atoms with Crippen LogP contribution in [0.15, 0.2) is 78.9 Å². The summed E-state index contributed by atoms with van der Waals surface area (Å²) >= 11 is 6.48. The number of rotatable bonds is 1. The summed E-state index contributed by atoms with van der Waals surface area (Å²) in [5.74, 6) is 0. The zero-order chi connectivity index (χ0) is 16.1. The zero-order valence-corrected chi connectivity index (χ0v) is 13.5. The van der Waals surface area contributed by atoms with Gasteiger partial charge in [-0.15, -0.1) is 0 Å². The summed E-state index contributed by atoms with van der Waals surface area (Å²) in [7, 11) is 0. The molecule has 3 aromatic carbocycles. The predicted molar refractivity (Wildman–Crippen MR) is 101 cm³/mol. The number of fused-ring (bicyclic) bond motifs is 5. The molecule has 2 nitrogen and oxygen atoms in total. The first-order valence-corrected chi connectivity index (χ1v) is 8.24. The Bertz CT molecular complexity index is 1210. The molecular weight excluding hydrogens is 316 g/mol. The van der Waals surface area contributed by atoms with Crippen LogP contribution < -0.4 is 0 Å². The van der Waals surface area contributed by atoms with E-state index in [1.807, 2.05) is 36.4 Å². The normalized spacial score (nSPS) is 11.5. The molecule has 0 saturated heterocycles. The highest BCUT2D eigenvalue weighted by Crippen LogP contribution is 2.34. The van der Waals surface area contributed by atoms with Gasteiger partial charge in [0.25, 0.3) is 0 Å². The van der Waals surface area contributed by atoms with Crippen molar-refractivity contribution in [2.24, 2.45) is 0 Å². The van der Waals surface area contributed by atoms with Crippen molar-refractivity contribution in [1.29, 1.82) is 0 Å². The number of nitrogens with zero attached hydrogens (tertiary/aromatic N) is 2. The molecule has 2 aromatic heterocycles. The van der Waals surface area contributed by atoms with E-state index in [-0.39, 0.29) is 0 Å². The van der Waals surface area contributed by atoms with Crippen molar-refractivity contribution in [3.05, 3.63) is 83.9 Å². The number of para-hydroxylation sites is 2. The maximum Gasteiger partial charge on any atom is 0.146 e. The molecule has 0 fully saturated rings. The maximum absolute atomic E-state index is 6.48. The van der Waals surface area contributed by atoms with E-state index < -0.39 is 0 Å². The highest BCUT2D eigenvalue weighted by Gasteiger charge is 2.14. The summed E-state index contributed by atoms with van der Waals surface area (Å²) < 4.78 is 2.23. The molecule has 0 atom stereocenters. The fourth-order valence-corrected chi connectivity index (χ4v) is 3.58. The molecule has 114 valence electrons. The molecular formula is C21H13ClN2. The Balaban J connectivity index is 2.07. The topological polar surface area (TPSA) is 17.3 Å². The zero-order valence-electron chi connectivity index (χ0n) is 12.8. The maximum atomic E-state index is 6.48. The largest absolute Gasteiger partial charge is 0.292 e. The number of benzene rings is 3. The predicted octanol–water partition coefficient (Wildman–Crippen LogP) is 5.96. The number of halogens is 1. The monoisotopic (exact) mass is 328 g/mol. The van der Waals surface area contributed by atoms with Crippen LogP contribution in [0.3, 0.4) is 0 Å². The van der Waals surface area contributed by atoms with Gasteiger partial charge in [-0.3, -0.25) is 4.40 Å². The standard InChI is InChI=1S/C21H13ClN2/c22-17-10-6-9-15-16(17)13-20(14-7-2-1-3-8-14)24-19-12-5-4-11-18(19)23-21(15)24/h1-13H. The molecule has 0 amide bonds. The second-order valence-corrected chi connectivity index (χ2v) is 6.26. The van der Waals surface area contributed by atoms with E-state index in [0.29, 0.717) is 0 Å². The molecule has 5 aromatic rings. The van der Waals surface area contributed by atoms with Gasteiger partial charge < -0.3 is 0 Å². The summed E-state index contributed by atoms with van der Waals surface area (Å²) in [6.45, 7) is 0. The smallest absolute Gasteiger partial charge is 0.146 e. The average Bonchev–Trinajstić information content (AvgIpc) is 3.02. The Kier molecular flexibility index (Phi) is 2.88. The Hall–Kier alpha value is -2.84. The molecule has 24 heavy (non-hydrogen) atoms. The van der Waals surface area contributed by atoms with E-state index in [1.54, 1.807) is 0 Å². The number of hydrogen-bond donors (Lipinski definition) is 0. The number of pyridine rings is 1. The van der Waals surface area contributed by atoms with Crippen LogP contribution >= 0.6 is 11.6 Å². The first kappa shape index (κ1) is 13.6. The van der Waals surface area contributed by atoms with Gasteiger partial charge in [0.15, 0.2) is 0 Å². The minimum Gasteiger partial charge on any atom is -0.292 e. The minimum atomic E-state index is 0.749. The molecule has 5 rings (SSSR count). The number of hydrogen-bond acceptors (Lipinski definition) is 1. The van der Waals surface area contributed by atoms with Gasteiger partial charge in [-0.05, 0) is 29.8 Å². The van der Waals surface area contributed by atoms with Crippen molar-refractivity contribution in [3.63, 3.8) is 0 Å². The highest BCUT2D eigenvalue weighted by molar-refractivity contribution is 6.36. The highest BCUT2D eigenvalue weighted by atomic mass is 35.5. The third-order valence-corrected chi connectivity index (χ3v) is 4.78. The lowest BCUT2D eigenvalue weighted by atomic mass is 10.1. The SMILES string of the molecule is Clc1cccc2c1cc(-c1ccccc1)n1c3ccccc3nc21. The van der Waals surface area contributed by atoms with E-state index in [2.05, 4.69) is 46.9 Å². The van der Waals surface area contributed by atoms with Crippen LogP contribution in [0.2, 0.25) is 5.02 Å². The van der Waals surface area contributed by atoms with Gasteiger partial charge in [-0.25, -0.2) is 4.98 Å². The van der Waals surface area contributed by atoms with Crippen molar-refractivity contribution < 1.29 is 0 Å². The lowest BCUT2D eigenvalue weighted by molar-refractivity contribution is 1.25. The summed E-state index contributed by atoms with van der Waals surface area (Å²) in [4.78, 5) is 4.87. The van der Waals surface area contributed by atoms with Gasteiger partial charge in [0.05, 0.1) is 16.7 Å². The number of imidazole rings is 1. The van der Waals surface area contributed by atoms with Crippen LogP contribution in [0.25, 0.3) is 38.7 Å². The van der Waals surface area contributed by atoms with Crippen molar-refractivity contribution >= 4 is 39.1 Å². The van der Waals surface area contributed by atoms with E-state index in [0.717, 1.165) is 43.7 Å². The fraction of sp³-hybridized carbons (Fsp3) is 0. The van der Waals surface area contributed by atoms with E-state index in [4.69, 9.17) is 16.6 Å². The summed E-state index contributed by atoms with van der Waals surface area (Å²) in [5.41, 5.74) is 5.28. The van der Waals surface area contributed by atoms with Gasteiger partial charge in [0.2, 0.25) is 0 Å².